The fourth-order valence-electron chi connectivity index (χ4n) is 3.49. The summed E-state index contributed by atoms with van der Waals surface area (Å²) in [6, 6.07) is 11.0. The molecule has 0 bridgehead atoms. The molecule has 1 fully saturated rings. The van der Waals surface area contributed by atoms with Gasteiger partial charge in [-0.1, -0.05) is 18.2 Å². The van der Waals surface area contributed by atoms with E-state index in [1.807, 2.05) is 0 Å². The Morgan fingerprint density at radius 2 is 1.88 bits per heavy atom. The van der Waals surface area contributed by atoms with Crippen LogP contribution in [0.15, 0.2) is 54.9 Å². The van der Waals surface area contributed by atoms with E-state index in [0.717, 1.165) is 18.7 Å². The molecule has 7 nitrogen and oxygen atoms in total. The Bertz CT molecular complexity index is 1220. The van der Waals surface area contributed by atoms with Gasteiger partial charge in [-0.25, -0.2) is 9.97 Å². The van der Waals surface area contributed by atoms with Crippen LogP contribution < -0.4 is 16.4 Å². The van der Waals surface area contributed by atoms with Crippen molar-refractivity contribution in [1.82, 2.24) is 9.97 Å². The first-order valence-corrected chi connectivity index (χ1v) is 10.7. The molecule has 0 saturated heterocycles. The predicted octanol–water partition coefficient (Wildman–Crippen LogP) is 4.76. The van der Waals surface area contributed by atoms with Crippen LogP contribution in [0.3, 0.4) is 0 Å². The minimum absolute atomic E-state index is 0.103. The van der Waals surface area contributed by atoms with Gasteiger partial charge in [0.1, 0.15) is 18.0 Å². The molecule has 1 aliphatic rings. The first kappa shape index (κ1) is 23.2. The van der Waals surface area contributed by atoms with Gasteiger partial charge in [-0.2, -0.15) is 13.2 Å². The summed E-state index contributed by atoms with van der Waals surface area (Å²) in [5.41, 5.74) is 6.79. The van der Waals surface area contributed by atoms with E-state index < -0.39 is 17.6 Å². The summed E-state index contributed by atoms with van der Waals surface area (Å²) >= 11 is 0. The van der Waals surface area contributed by atoms with E-state index in [4.69, 9.17) is 11.1 Å². The fourth-order valence-corrected chi connectivity index (χ4v) is 3.49. The molecule has 1 heterocycles. The average Bonchev–Trinajstić information content (AvgIpc) is 3.62. The molecule has 3 aromatic rings. The van der Waals surface area contributed by atoms with Gasteiger partial charge in [0.2, 0.25) is 0 Å². The number of nitrogens with zero attached hydrogens (tertiary/aromatic N) is 2. The Morgan fingerprint density at radius 3 is 2.62 bits per heavy atom. The van der Waals surface area contributed by atoms with Crippen molar-refractivity contribution in [3.8, 4) is 0 Å². The van der Waals surface area contributed by atoms with Crippen molar-refractivity contribution in [2.24, 2.45) is 5.92 Å². The van der Waals surface area contributed by atoms with Crippen LogP contribution in [0.4, 0.5) is 30.5 Å². The lowest BCUT2D eigenvalue weighted by molar-refractivity contribution is -0.137. The van der Waals surface area contributed by atoms with E-state index in [-0.39, 0.29) is 23.5 Å². The van der Waals surface area contributed by atoms with Crippen molar-refractivity contribution in [1.29, 1.82) is 5.41 Å². The first-order chi connectivity index (χ1) is 16.2. The number of benzene rings is 2. The van der Waals surface area contributed by atoms with Crippen LogP contribution in [-0.4, -0.2) is 28.1 Å². The quantitative estimate of drug-likeness (QED) is 0.356. The molecule has 1 aliphatic carbocycles. The number of hydrogen-bond acceptors (Lipinski definition) is 6. The number of nitrogen functional groups attached to an aromatic ring is 1. The number of hydrogen-bond donors (Lipinski definition) is 4. The van der Waals surface area contributed by atoms with Gasteiger partial charge >= 0.3 is 6.18 Å². The van der Waals surface area contributed by atoms with E-state index in [1.165, 1.54) is 31.3 Å². The second kappa shape index (κ2) is 9.50. The molecule has 0 unspecified atom stereocenters. The minimum Gasteiger partial charge on any atom is -0.383 e. The van der Waals surface area contributed by atoms with E-state index in [1.54, 1.807) is 24.3 Å². The van der Waals surface area contributed by atoms with Crippen LogP contribution in [0.1, 0.15) is 39.9 Å². The van der Waals surface area contributed by atoms with Gasteiger partial charge in [-0.05, 0) is 54.7 Å². The number of rotatable bonds is 8. The molecule has 0 spiro atoms. The normalized spacial score (nSPS) is 13.4. The Balaban J connectivity index is 1.47. The van der Waals surface area contributed by atoms with E-state index in [0.29, 0.717) is 28.6 Å². The SMILES string of the molecule is N=C(Cc1cccc(NC(=O)c2cccc(C(F)(F)F)c2)c1)c1c(N)ncnc1NCC1CC1. The number of amides is 1. The monoisotopic (exact) mass is 468 g/mol. The van der Waals surface area contributed by atoms with Gasteiger partial charge in [0.25, 0.3) is 5.91 Å². The number of alkyl halides is 3. The molecule has 5 N–H and O–H groups in total. The molecule has 2 aromatic carbocycles. The molecule has 1 amide bonds. The van der Waals surface area contributed by atoms with Gasteiger partial charge in [0.15, 0.2) is 0 Å². The smallest absolute Gasteiger partial charge is 0.383 e. The second-order valence-electron chi connectivity index (χ2n) is 8.20. The first-order valence-electron chi connectivity index (χ1n) is 10.7. The van der Waals surface area contributed by atoms with Crippen molar-refractivity contribution in [2.45, 2.75) is 25.4 Å². The third-order valence-electron chi connectivity index (χ3n) is 5.45. The Hall–Kier alpha value is -3.95. The third kappa shape index (κ3) is 5.69. The molecule has 0 radical (unpaired) electrons. The number of anilines is 3. The maximum Gasteiger partial charge on any atom is 0.416 e. The molecule has 176 valence electrons. The highest BCUT2D eigenvalue weighted by molar-refractivity contribution is 6.07. The number of carbonyl (C=O) groups is 1. The summed E-state index contributed by atoms with van der Waals surface area (Å²) in [6.07, 6.45) is -0.654. The molecule has 0 atom stereocenters. The molecule has 0 aliphatic heterocycles. The molecule has 10 heteroatoms. The summed E-state index contributed by atoms with van der Waals surface area (Å²) in [4.78, 5) is 20.8. The van der Waals surface area contributed by atoms with Crippen LogP contribution in [0.5, 0.6) is 0 Å². The largest absolute Gasteiger partial charge is 0.416 e. The van der Waals surface area contributed by atoms with Crippen LogP contribution >= 0.6 is 0 Å². The van der Waals surface area contributed by atoms with Crippen molar-refractivity contribution in [3.05, 3.63) is 77.1 Å². The Labute approximate surface area is 194 Å². The number of halogens is 3. The van der Waals surface area contributed by atoms with Crippen LogP contribution in [0.25, 0.3) is 0 Å². The van der Waals surface area contributed by atoms with Crippen LogP contribution in [0, 0.1) is 11.3 Å². The number of nitrogens with one attached hydrogen (secondary N) is 3. The third-order valence-corrected chi connectivity index (χ3v) is 5.45. The zero-order valence-electron chi connectivity index (χ0n) is 18.1. The van der Waals surface area contributed by atoms with Crippen molar-refractivity contribution in [3.63, 3.8) is 0 Å². The maximum absolute atomic E-state index is 12.9. The molecule has 1 aromatic heterocycles. The summed E-state index contributed by atoms with van der Waals surface area (Å²) < 4.78 is 38.8. The lowest BCUT2D eigenvalue weighted by Crippen LogP contribution is -2.16. The topological polar surface area (TPSA) is 117 Å². The van der Waals surface area contributed by atoms with Crippen molar-refractivity contribution in [2.75, 3.05) is 22.9 Å². The van der Waals surface area contributed by atoms with E-state index in [9.17, 15) is 18.0 Å². The Morgan fingerprint density at radius 1 is 1.12 bits per heavy atom. The highest BCUT2D eigenvalue weighted by atomic mass is 19.4. The Kier molecular flexibility index (Phi) is 6.49. The zero-order valence-corrected chi connectivity index (χ0v) is 18.1. The fraction of sp³-hybridized carbons (Fsp3) is 0.250. The maximum atomic E-state index is 12.9. The second-order valence-corrected chi connectivity index (χ2v) is 8.20. The zero-order chi connectivity index (χ0) is 24.3. The summed E-state index contributed by atoms with van der Waals surface area (Å²) in [5, 5.41) is 14.4. The summed E-state index contributed by atoms with van der Waals surface area (Å²) in [7, 11) is 0. The highest BCUT2D eigenvalue weighted by Crippen LogP contribution is 2.31. The molecular weight excluding hydrogens is 445 g/mol. The van der Waals surface area contributed by atoms with Crippen LogP contribution in [-0.2, 0) is 12.6 Å². The minimum atomic E-state index is -4.54. The average molecular weight is 468 g/mol. The van der Waals surface area contributed by atoms with E-state index in [2.05, 4.69) is 20.6 Å². The highest BCUT2D eigenvalue weighted by Gasteiger charge is 2.31. The lowest BCUT2D eigenvalue weighted by Gasteiger charge is -2.14. The predicted molar refractivity (Wildman–Crippen MR) is 124 cm³/mol. The number of aromatic nitrogens is 2. The number of carbonyl (C=O) groups excluding carboxylic acids is 1. The lowest BCUT2D eigenvalue weighted by atomic mass is 10.0. The van der Waals surface area contributed by atoms with Gasteiger partial charge in [0, 0.05) is 24.2 Å². The summed E-state index contributed by atoms with van der Waals surface area (Å²) in [6.45, 7) is 0.758. The van der Waals surface area contributed by atoms with Gasteiger partial charge in [-0.15, -0.1) is 0 Å². The summed E-state index contributed by atoms with van der Waals surface area (Å²) in [5.74, 6) is 0.659. The van der Waals surface area contributed by atoms with Gasteiger partial charge in [-0.3, -0.25) is 4.79 Å². The van der Waals surface area contributed by atoms with Crippen molar-refractivity contribution < 1.29 is 18.0 Å². The van der Waals surface area contributed by atoms with Crippen molar-refractivity contribution >= 4 is 28.9 Å². The molecule has 4 rings (SSSR count). The standard InChI is InChI=1S/C24H23F3N6O/c25-24(26,27)17-5-2-4-16(11-17)23(34)33-18-6-1-3-15(9-18)10-19(28)20-21(29)31-13-32-22(20)30-12-14-7-8-14/h1-6,9,11,13-14,28H,7-8,10,12H2,(H,33,34)(H3,29,30,31,32). The van der Waals surface area contributed by atoms with Gasteiger partial charge < -0.3 is 21.8 Å². The van der Waals surface area contributed by atoms with Crippen LogP contribution in [0.2, 0.25) is 0 Å². The molecule has 1 saturated carbocycles. The molecule has 34 heavy (non-hydrogen) atoms. The van der Waals surface area contributed by atoms with E-state index >= 15 is 0 Å². The molecular formula is C24H23F3N6O. The number of nitrogens with two attached hydrogens (primary N) is 1. The van der Waals surface area contributed by atoms with Gasteiger partial charge in [0.05, 0.1) is 16.8 Å².